The first-order chi connectivity index (χ1) is 12.9. The van der Waals surface area contributed by atoms with E-state index >= 15 is 0 Å². The summed E-state index contributed by atoms with van der Waals surface area (Å²) in [5, 5.41) is 6.38. The number of ether oxygens (including phenoxy) is 1. The third kappa shape index (κ3) is 6.70. The van der Waals surface area contributed by atoms with E-state index in [1.54, 1.807) is 18.2 Å². The van der Waals surface area contributed by atoms with Crippen molar-refractivity contribution in [3.05, 3.63) is 23.2 Å². The lowest BCUT2D eigenvalue weighted by Crippen LogP contribution is -3.15. The van der Waals surface area contributed by atoms with Gasteiger partial charge in [0.25, 0.3) is 11.8 Å². The number of hydrogen-bond donors (Lipinski definition) is 3. The highest BCUT2D eigenvalue weighted by molar-refractivity contribution is 6.31. The fourth-order valence-electron chi connectivity index (χ4n) is 3.39. The normalized spacial score (nSPS) is 17.0. The molecule has 0 spiro atoms. The molecule has 3 N–H and O–H groups in total. The molecule has 27 heavy (non-hydrogen) atoms. The molecule has 2 amide bonds. The van der Waals surface area contributed by atoms with Gasteiger partial charge in [0.05, 0.1) is 19.8 Å². The zero-order valence-electron chi connectivity index (χ0n) is 16.4. The van der Waals surface area contributed by atoms with Crippen molar-refractivity contribution in [2.45, 2.75) is 45.1 Å². The molecule has 0 aliphatic heterocycles. The number of hydrogen-bond acceptors (Lipinski definition) is 3. The van der Waals surface area contributed by atoms with E-state index in [-0.39, 0.29) is 24.4 Å². The minimum Gasteiger partial charge on any atom is -0.495 e. The van der Waals surface area contributed by atoms with Gasteiger partial charge in [-0.05, 0) is 43.9 Å². The Hall–Kier alpha value is -1.79. The molecule has 2 rings (SSSR count). The van der Waals surface area contributed by atoms with Gasteiger partial charge >= 0.3 is 0 Å². The molecule has 0 saturated heterocycles. The topological polar surface area (TPSA) is 71.9 Å². The Bertz CT molecular complexity index is 647. The third-order valence-electron chi connectivity index (χ3n) is 5.30. The molecule has 1 aromatic carbocycles. The summed E-state index contributed by atoms with van der Waals surface area (Å²) in [6.07, 6.45) is 6.21. The van der Waals surface area contributed by atoms with Crippen LogP contribution >= 0.6 is 11.6 Å². The molecule has 150 valence electrons. The third-order valence-corrected chi connectivity index (χ3v) is 5.53. The van der Waals surface area contributed by atoms with Gasteiger partial charge in [0, 0.05) is 11.6 Å². The molecule has 0 radical (unpaired) electrons. The number of benzene rings is 1. The van der Waals surface area contributed by atoms with Crippen LogP contribution in [0.25, 0.3) is 0 Å². The molecule has 6 nitrogen and oxygen atoms in total. The Kier molecular flexibility index (Phi) is 8.38. The minimum atomic E-state index is -0.305. The summed E-state index contributed by atoms with van der Waals surface area (Å²) in [4.78, 5) is 25.6. The minimum absolute atomic E-state index is 0.00814. The molecule has 0 bridgehead atoms. The largest absolute Gasteiger partial charge is 0.495 e. The second-order valence-electron chi connectivity index (χ2n) is 7.39. The fraction of sp³-hybridized carbons (Fsp3) is 0.600. The van der Waals surface area contributed by atoms with Gasteiger partial charge in [0.1, 0.15) is 5.75 Å². The lowest BCUT2D eigenvalue weighted by atomic mass is 9.89. The first-order valence-corrected chi connectivity index (χ1v) is 10.0. The van der Waals surface area contributed by atoms with Crippen molar-refractivity contribution in [1.82, 2.24) is 5.32 Å². The molecular formula is C20H31ClN3O3+. The molecule has 7 heteroatoms. The average Bonchev–Trinajstić information content (AvgIpc) is 2.66. The van der Waals surface area contributed by atoms with Crippen LogP contribution in [0, 0.1) is 5.92 Å². The zero-order valence-corrected chi connectivity index (χ0v) is 17.2. The Morgan fingerprint density at radius 1 is 1.30 bits per heavy atom. The van der Waals surface area contributed by atoms with Crippen molar-refractivity contribution in [2.75, 3.05) is 32.6 Å². The lowest BCUT2D eigenvalue weighted by molar-refractivity contribution is -0.885. The number of amides is 2. The van der Waals surface area contributed by atoms with Crippen molar-refractivity contribution in [2.24, 2.45) is 5.92 Å². The molecule has 1 unspecified atom stereocenters. The summed E-state index contributed by atoms with van der Waals surface area (Å²) < 4.78 is 5.24. The van der Waals surface area contributed by atoms with Gasteiger partial charge in [-0.2, -0.15) is 0 Å². The van der Waals surface area contributed by atoms with Crippen LogP contribution in [0.3, 0.4) is 0 Å². The average molecular weight is 397 g/mol. The van der Waals surface area contributed by atoms with Gasteiger partial charge in [-0.25, -0.2) is 0 Å². The highest BCUT2D eigenvalue weighted by atomic mass is 35.5. The number of anilines is 1. The number of rotatable bonds is 8. The van der Waals surface area contributed by atoms with E-state index in [0.717, 1.165) is 11.4 Å². The molecule has 1 fully saturated rings. The van der Waals surface area contributed by atoms with Crippen LogP contribution in [0.15, 0.2) is 18.2 Å². The Balaban J connectivity index is 1.82. The van der Waals surface area contributed by atoms with Gasteiger partial charge in [-0.3, -0.25) is 9.59 Å². The van der Waals surface area contributed by atoms with Gasteiger partial charge in [-0.1, -0.05) is 30.9 Å². The number of methoxy groups -OCH3 is 1. The predicted molar refractivity (Wildman–Crippen MR) is 107 cm³/mol. The molecule has 2 atom stereocenters. The molecule has 1 aromatic rings. The number of nitrogens with one attached hydrogen (secondary N) is 3. The number of carbonyl (C=O) groups is 2. The van der Waals surface area contributed by atoms with Gasteiger partial charge in [0.15, 0.2) is 12.6 Å². The number of halogens is 1. The summed E-state index contributed by atoms with van der Waals surface area (Å²) in [7, 11) is 3.38. The molecule has 1 saturated carbocycles. The van der Waals surface area contributed by atoms with Crippen LogP contribution in [0.2, 0.25) is 5.02 Å². The van der Waals surface area contributed by atoms with E-state index in [2.05, 4.69) is 10.6 Å². The molecular weight excluding hydrogens is 366 g/mol. The van der Waals surface area contributed by atoms with Crippen molar-refractivity contribution < 1.29 is 19.2 Å². The van der Waals surface area contributed by atoms with E-state index < -0.39 is 0 Å². The fourth-order valence-corrected chi connectivity index (χ4v) is 3.56. The second kappa shape index (κ2) is 10.5. The van der Waals surface area contributed by atoms with Crippen molar-refractivity contribution >= 4 is 29.1 Å². The van der Waals surface area contributed by atoms with Crippen LogP contribution in [0.4, 0.5) is 5.69 Å². The molecule has 1 aliphatic rings. The van der Waals surface area contributed by atoms with Crippen LogP contribution in [0.5, 0.6) is 5.75 Å². The van der Waals surface area contributed by atoms with E-state index in [0.29, 0.717) is 22.4 Å². The first kappa shape index (κ1) is 21.5. The highest BCUT2D eigenvalue weighted by Crippen LogP contribution is 2.27. The summed E-state index contributed by atoms with van der Waals surface area (Å²) in [6, 6.07) is 4.75. The van der Waals surface area contributed by atoms with E-state index in [1.165, 1.54) is 39.2 Å². The SMILES string of the molecule is COc1ccc(Cl)cc1NC(=O)C[NH+](C)[C@@H](C)C(=O)NCC1CCCCC1. The smallest absolute Gasteiger partial charge is 0.279 e. The Morgan fingerprint density at radius 2 is 2.00 bits per heavy atom. The van der Waals surface area contributed by atoms with Gasteiger partial charge in [-0.15, -0.1) is 0 Å². The Morgan fingerprint density at radius 3 is 2.67 bits per heavy atom. The summed E-state index contributed by atoms with van der Waals surface area (Å²) in [5.74, 6) is 0.934. The van der Waals surface area contributed by atoms with Crippen LogP contribution in [0.1, 0.15) is 39.0 Å². The highest BCUT2D eigenvalue weighted by Gasteiger charge is 2.25. The van der Waals surface area contributed by atoms with Gasteiger partial charge in [0.2, 0.25) is 0 Å². The maximum atomic E-state index is 12.4. The first-order valence-electron chi connectivity index (χ1n) is 9.64. The van der Waals surface area contributed by atoms with Crippen LogP contribution in [-0.4, -0.2) is 45.1 Å². The van der Waals surface area contributed by atoms with Crippen molar-refractivity contribution in [3.63, 3.8) is 0 Å². The maximum Gasteiger partial charge on any atom is 0.279 e. The quantitative estimate of drug-likeness (QED) is 0.628. The lowest BCUT2D eigenvalue weighted by Gasteiger charge is -2.24. The van der Waals surface area contributed by atoms with E-state index in [9.17, 15) is 9.59 Å². The predicted octanol–water partition coefficient (Wildman–Crippen LogP) is 1.89. The van der Waals surface area contributed by atoms with Crippen molar-refractivity contribution in [3.8, 4) is 5.75 Å². The number of likely N-dealkylation sites (N-methyl/N-ethyl adjacent to an activating group) is 1. The number of quaternary nitrogens is 1. The number of carbonyl (C=O) groups excluding carboxylic acids is 2. The van der Waals surface area contributed by atoms with Gasteiger partial charge < -0.3 is 20.3 Å². The Labute approximate surface area is 166 Å². The standard InChI is InChI=1S/C20H30ClN3O3/c1-14(20(26)22-12-15-7-5-4-6-8-15)24(2)13-19(25)23-17-11-16(21)9-10-18(17)27-3/h9-11,14-15H,4-8,12-13H2,1-3H3,(H,22,26)(H,23,25)/p+1/t14-/m0/s1. The molecule has 0 aromatic heterocycles. The summed E-state index contributed by atoms with van der Waals surface area (Å²) in [6.45, 7) is 2.76. The monoisotopic (exact) mass is 396 g/mol. The van der Waals surface area contributed by atoms with Crippen LogP contribution in [-0.2, 0) is 9.59 Å². The maximum absolute atomic E-state index is 12.4. The summed E-state index contributed by atoms with van der Waals surface area (Å²) >= 11 is 5.99. The van der Waals surface area contributed by atoms with E-state index in [1.807, 2.05) is 14.0 Å². The summed E-state index contributed by atoms with van der Waals surface area (Å²) in [5.41, 5.74) is 0.525. The molecule has 0 heterocycles. The van der Waals surface area contributed by atoms with Crippen LogP contribution < -0.4 is 20.3 Å². The van der Waals surface area contributed by atoms with E-state index in [4.69, 9.17) is 16.3 Å². The molecule has 1 aliphatic carbocycles. The second-order valence-corrected chi connectivity index (χ2v) is 7.82. The zero-order chi connectivity index (χ0) is 19.8. The van der Waals surface area contributed by atoms with Crippen molar-refractivity contribution in [1.29, 1.82) is 0 Å².